The van der Waals surface area contributed by atoms with Crippen molar-refractivity contribution in [1.82, 2.24) is 35.0 Å². The van der Waals surface area contributed by atoms with Crippen molar-refractivity contribution in [3.63, 3.8) is 0 Å². The van der Waals surface area contributed by atoms with Gasteiger partial charge in [-0.1, -0.05) is 6.42 Å². The molecule has 2 saturated heterocycles. The molecule has 0 bridgehead atoms. The van der Waals surface area contributed by atoms with Crippen molar-refractivity contribution < 1.29 is 4.74 Å². The molecule has 11 heteroatoms. The van der Waals surface area contributed by atoms with Crippen molar-refractivity contribution in [3.8, 4) is 5.88 Å². The van der Waals surface area contributed by atoms with Gasteiger partial charge < -0.3 is 14.5 Å². The van der Waals surface area contributed by atoms with Crippen LogP contribution in [-0.2, 0) is 0 Å². The molecule has 31 heavy (non-hydrogen) atoms. The Kier molecular flexibility index (Phi) is 6.12. The fourth-order valence-electron chi connectivity index (χ4n) is 4.27. The van der Waals surface area contributed by atoms with Gasteiger partial charge in [0.05, 0.1) is 5.39 Å². The van der Waals surface area contributed by atoms with E-state index in [1.807, 2.05) is 0 Å². The Morgan fingerprint density at radius 3 is 2.42 bits per heavy atom. The van der Waals surface area contributed by atoms with E-state index >= 15 is 0 Å². The number of hydrogen-bond donors (Lipinski definition) is 1. The van der Waals surface area contributed by atoms with Crippen LogP contribution in [0.25, 0.3) is 11.0 Å². The molecule has 10 nitrogen and oxygen atoms in total. The highest BCUT2D eigenvalue weighted by Gasteiger charge is 2.25. The molecule has 164 valence electrons. The molecule has 0 aliphatic carbocycles. The van der Waals surface area contributed by atoms with Gasteiger partial charge in [-0.05, 0) is 41.9 Å². The lowest BCUT2D eigenvalue weighted by atomic mass is 10.1. The molecule has 0 spiro atoms. The number of piperidine rings is 1. The van der Waals surface area contributed by atoms with Crippen molar-refractivity contribution in [3.05, 3.63) is 23.3 Å². The summed E-state index contributed by atoms with van der Waals surface area (Å²) in [6.45, 7) is 7.15. The summed E-state index contributed by atoms with van der Waals surface area (Å²) in [5.41, 5.74) is 0.664. The molecule has 0 radical (unpaired) electrons. The highest BCUT2D eigenvalue weighted by atomic mass is 79.9. The topological polar surface area (TPSA) is 99.2 Å². The standard InChI is InChI=1S/C20H26BrN9O/c21-16-15-17(27-26-16)24-14-25-18(15)29-8-10-30(11-9-29)19-20(23-5-4-22-19)31-13-12-28-6-2-1-3-7-28/h4-5,14H,1-3,6-13H2,(H,24,25,26,27). The quantitative estimate of drug-likeness (QED) is 0.559. The van der Waals surface area contributed by atoms with Gasteiger partial charge in [-0.2, -0.15) is 5.10 Å². The number of aromatic amines is 1. The molecule has 0 unspecified atom stereocenters. The summed E-state index contributed by atoms with van der Waals surface area (Å²) in [6, 6.07) is 0. The maximum absolute atomic E-state index is 6.06. The summed E-state index contributed by atoms with van der Waals surface area (Å²) >= 11 is 3.52. The number of nitrogens with zero attached hydrogens (tertiary/aromatic N) is 8. The maximum atomic E-state index is 6.06. The normalized spacial score (nSPS) is 18.0. The van der Waals surface area contributed by atoms with Crippen molar-refractivity contribution in [1.29, 1.82) is 0 Å². The molecule has 0 atom stereocenters. The molecule has 1 N–H and O–H groups in total. The fourth-order valence-corrected chi connectivity index (χ4v) is 4.71. The highest BCUT2D eigenvalue weighted by molar-refractivity contribution is 9.10. The zero-order chi connectivity index (χ0) is 21.0. The SMILES string of the molecule is Brc1[nH]nc2ncnc(N3CCN(c4nccnc4OCCN4CCCCC4)CC3)c12. The molecule has 0 aromatic carbocycles. The largest absolute Gasteiger partial charge is 0.474 e. The third kappa shape index (κ3) is 4.42. The highest BCUT2D eigenvalue weighted by Crippen LogP contribution is 2.30. The van der Waals surface area contributed by atoms with Crippen LogP contribution >= 0.6 is 15.9 Å². The summed E-state index contributed by atoms with van der Waals surface area (Å²) in [7, 11) is 0. The lowest BCUT2D eigenvalue weighted by Gasteiger charge is -2.36. The molecule has 3 aromatic rings. The van der Waals surface area contributed by atoms with Crippen LogP contribution in [0.15, 0.2) is 23.3 Å². The predicted octanol–water partition coefficient (Wildman–Crippen LogP) is 2.10. The second kappa shape index (κ2) is 9.31. The van der Waals surface area contributed by atoms with Crippen molar-refractivity contribution in [2.24, 2.45) is 0 Å². The van der Waals surface area contributed by atoms with Crippen LogP contribution in [0.3, 0.4) is 0 Å². The van der Waals surface area contributed by atoms with Gasteiger partial charge in [-0.15, -0.1) is 0 Å². The van der Waals surface area contributed by atoms with E-state index < -0.39 is 0 Å². The fraction of sp³-hybridized carbons (Fsp3) is 0.550. The second-order valence-electron chi connectivity index (χ2n) is 7.84. The minimum absolute atomic E-state index is 0.620. The number of ether oxygens (including phenoxy) is 1. The van der Waals surface area contributed by atoms with Crippen LogP contribution in [0, 0.1) is 0 Å². The molecule has 0 saturated carbocycles. The first-order valence-electron chi connectivity index (χ1n) is 10.8. The Labute approximate surface area is 189 Å². The van der Waals surface area contributed by atoms with E-state index in [-0.39, 0.29) is 0 Å². The number of fused-ring (bicyclic) bond motifs is 1. The first-order chi connectivity index (χ1) is 15.3. The van der Waals surface area contributed by atoms with Crippen LogP contribution in [0.5, 0.6) is 5.88 Å². The molecule has 0 amide bonds. The summed E-state index contributed by atoms with van der Waals surface area (Å²) in [4.78, 5) is 24.8. The third-order valence-corrected chi connectivity index (χ3v) is 6.48. The molecular weight excluding hydrogens is 462 g/mol. The summed E-state index contributed by atoms with van der Waals surface area (Å²) in [5.74, 6) is 2.33. The van der Waals surface area contributed by atoms with E-state index in [1.54, 1.807) is 18.7 Å². The number of rotatable bonds is 6. The number of aromatic nitrogens is 6. The first-order valence-corrected chi connectivity index (χ1v) is 11.6. The van der Waals surface area contributed by atoms with E-state index in [0.717, 1.165) is 54.3 Å². The maximum Gasteiger partial charge on any atom is 0.257 e. The zero-order valence-electron chi connectivity index (χ0n) is 17.4. The van der Waals surface area contributed by atoms with Crippen LogP contribution in [-0.4, -0.2) is 87.5 Å². The van der Waals surface area contributed by atoms with Gasteiger partial charge in [0.1, 0.15) is 23.4 Å². The van der Waals surface area contributed by atoms with Crippen molar-refractivity contribution >= 4 is 38.6 Å². The molecule has 2 fully saturated rings. The van der Waals surface area contributed by atoms with E-state index in [9.17, 15) is 0 Å². The van der Waals surface area contributed by atoms with E-state index in [4.69, 9.17) is 4.74 Å². The second-order valence-corrected chi connectivity index (χ2v) is 8.64. The number of anilines is 2. The van der Waals surface area contributed by atoms with Crippen LogP contribution < -0.4 is 14.5 Å². The molecular formula is C20H26BrN9O. The number of likely N-dealkylation sites (tertiary alicyclic amines) is 1. The monoisotopic (exact) mass is 487 g/mol. The Hall–Kier alpha value is -2.53. The number of H-pyrrole nitrogens is 1. The van der Waals surface area contributed by atoms with Gasteiger partial charge in [0, 0.05) is 45.1 Å². The minimum atomic E-state index is 0.620. The molecule has 2 aliphatic heterocycles. The predicted molar refractivity (Wildman–Crippen MR) is 122 cm³/mol. The molecule has 5 rings (SSSR count). The molecule has 5 heterocycles. The Morgan fingerprint density at radius 2 is 1.61 bits per heavy atom. The van der Waals surface area contributed by atoms with E-state index in [1.165, 1.54) is 32.4 Å². The third-order valence-electron chi connectivity index (χ3n) is 5.91. The smallest absolute Gasteiger partial charge is 0.257 e. The van der Waals surface area contributed by atoms with Gasteiger partial charge in [0.15, 0.2) is 11.5 Å². The van der Waals surface area contributed by atoms with Crippen molar-refractivity contribution in [2.75, 3.05) is 62.2 Å². The van der Waals surface area contributed by atoms with Gasteiger partial charge >= 0.3 is 0 Å². The molecule has 2 aliphatic rings. The summed E-state index contributed by atoms with van der Waals surface area (Å²) in [5, 5.41) is 8.06. The van der Waals surface area contributed by atoms with Crippen LogP contribution in [0.4, 0.5) is 11.6 Å². The minimum Gasteiger partial charge on any atom is -0.474 e. The average molecular weight is 488 g/mol. The van der Waals surface area contributed by atoms with Gasteiger partial charge in [-0.3, -0.25) is 10.00 Å². The number of piperazine rings is 1. The summed E-state index contributed by atoms with van der Waals surface area (Å²) in [6.07, 6.45) is 8.91. The number of nitrogens with one attached hydrogen (secondary N) is 1. The average Bonchev–Trinajstić information content (AvgIpc) is 3.21. The van der Waals surface area contributed by atoms with Gasteiger partial charge in [-0.25, -0.2) is 19.9 Å². The van der Waals surface area contributed by atoms with Crippen LogP contribution in [0.1, 0.15) is 19.3 Å². The Morgan fingerprint density at radius 1 is 0.871 bits per heavy atom. The van der Waals surface area contributed by atoms with Crippen LogP contribution in [0.2, 0.25) is 0 Å². The number of halogens is 1. The lowest BCUT2D eigenvalue weighted by Crippen LogP contribution is -2.47. The van der Waals surface area contributed by atoms with Crippen molar-refractivity contribution in [2.45, 2.75) is 19.3 Å². The Balaban J connectivity index is 1.23. The van der Waals surface area contributed by atoms with Gasteiger partial charge in [0.2, 0.25) is 0 Å². The zero-order valence-corrected chi connectivity index (χ0v) is 19.0. The summed E-state index contributed by atoms with van der Waals surface area (Å²) < 4.78 is 6.86. The Bertz CT molecular complexity index is 1010. The molecule has 3 aromatic heterocycles. The number of hydrogen-bond acceptors (Lipinski definition) is 9. The van der Waals surface area contributed by atoms with E-state index in [0.29, 0.717) is 18.1 Å². The first kappa shape index (κ1) is 20.4. The lowest BCUT2D eigenvalue weighted by molar-refractivity contribution is 0.180. The van der Waals surface area contributed by atoms with E-state index in [2.05, 4.69) is 60.8 Å². The van der Waals surface area contributed by atoms with Gasteiger partial charge in [0.25, 0.3) is 5.88 Å².